The van der Waals surface area contributed by atoms with E-state index in [0.29, 0.717) is 5.02 Å². The molecule has 2 aromatic rings. The number of amides is 1. The van der Waals surface area contributed by atoms with E-state index in [-0.39, 0.29) is 5.91 Å². The molecule has 4 heteroatoms. The first kappa shape index (κ1) is 16.9. The van der Waals surface area contributed by atoms with Crippen LogP contribution in [0.25, 0.3) is 10.9 Å². The van der Waals surface area contributed by atoms with Gasteiger partial charge in [-0.05, 0) is 50.5 Å². The Kier molecular flexibility index (Phi) is 5.52. The number of benzene rings is 1. The van der Waals surface area contributed by atoms with E-state index in [9.17, 15) is 4.79 Å². The predicted molar refractivity (Wildman–Crippen MR) is 93.8 cm³/mol. The zero-order chi connectivity index (χ0) is 16.3. The summed E-state index contributed by atoms with van der Waals surface area (Å²) in [5.41, 5.74) is 2.92. The number of hydrogen-bond acceptors (Lipinski definition) is 1. The van der Waals surface area contributed by atoms with Gasteiger partial charge in [0.15, 0.2) is 0 Å². The molecule has 0 bridgehead atoms. The third-order valence-electron chi connectivity index (χ3n) is 4.07. The van der Waals surface area contributed by atoms with Gasteiger partial charge < -0.3 is 9.47 Å². The predicted octanol–water partition coefficient (Wildman–Crippen LogP) is 4.89. The molecular formula is C18H25ClN2O. The molecule has 0 fully saturated rings. The third-order valence-corrected chi connectivity index (χ3v) is 4.31. The average molecular weight is 321 g/mol. The minimum Gasteiger partial charge on any atom is -0.337 e. The summed E-state index contributed by atoms with van der Waals surface area (Å²) in [7, 11) is 0. The number of carbonyl (C=O) groups is 1. The van der Waals surface area contributed by atoms with Gasteiger partial charge in [-0.2, -0.15) is 0 Å². The fraction of sp³-hybridized carbons (Fsp3) is 0.500. The van der Waals surface area contributed by atoms with E-state index in [2.05, 4.69) is 25.3 Å². The number of fused-ring (bicyclic) bond motifs is 1. The number of nitrogens with zero attached hydrogens (tertiary/aromatic N) is 2. The SMILES string of the molecule is CCCN(CCC)C(=O)c1c(C)c2cc(Cl)ccc2n1CC. The molecule has 0 aliphatic heterocycles. The van der Waals surface area contributed by atoms with Crippen LogP contribution in [-0.4, -0.2) is 28.5 Å². The quantitative estimate of drug-likeness (QED) is 0.744. The molecule has 0 N–H and O–H groups in total. The van der Waals surface area contributed by atoms with Crippen molar-refractivity contribution in [1.82, 2.24) is 9.47 Å². The highest BCUT2D eigenvalue weighted by Crippen LogP contribution is 2.29. The Balaban J connectivity index is 2.58. The first-order chi connectivity index (χ1) is 10.5. The van der Waals surface area contributed by atoms with Crippen LogP contribution < -0.4 is 0 Å². The Bertz CT molecular complexity index is 669. The van der Waals surface area contributed by atoms with Crippen molar-refractivity contribution in [1.29, 1.82) is 0 Å². The summed E-state index contributed by atoms with van der Waals surface area (Å²) in [6, 6.07) is 5.85. The molecular weight excluding hydrogens is 296 g/mol. The molecule has 2 rings (SSSR count). The van der Waals surface area contributed by atoms with E-state index in [1.807, 2.05) is 30.0 Å². The van der Waals surface area contributed by atoms with Crippen molar-refractivity contribution >= 4 is 28.4 Å². The maximum absolute atomic E-state index is 13.1. The lowest BCUT2D eigenvalue weighted by Gasteiger charge is -2.22. The van der Waals surface area contributed by atoms with Gasteiger partial charge in [-0.25, -0.2) is 0 Å². The summed E-state index contributed by atoms with van der Waals surface area (Å²) in [5.74, 6) is 0.135. The van der Waals surface area contributed by atoms with Crippen molar-refractivity contribution < 1.29 is 4.79 Å². The first-order valence-corrected chi connectivity index (χ1v) is 8.50. The van der Waals surface area contributed by atoms with Crippen LogP contribution in [0.2, 0.25) is 5.02 Å². The third kappa shape index (κ3) is 3.00. The second kappa shape index (κ2) is 7.19. The van der Waals surface area contributed by atoms with Crippen LogP contribution in [-0.2, 0) is 6.54 Å². The van der Waals surface area contributed by atoms with Crippen molar-refractivity contribution in [2.24, 2.45) is 0 Å². The highest BCUT2D eigenvalue weighted by Gasteiger charge is 2.23. The van der Waals surface area contributed by atoms with Gasteiger partial charge in [-0.15, -0.1) is 0 Å². The van der Waals surface area contributed by atoms with Gasteiger partial charge in [0.25, 0.3) is 5.91 Å². The molecule has 22 heavy (non-hydrogen) atoms. The minimum atomic E-state index is 0.135. The Morgan fingerprint density at radius 3 is 2.36 bits per heavy atom. The van der Waals surface area contributed by atoms with Gasteiger partial charge in [0.1, 0.15) is 5.69 Å². The monoisotopic (exact) mass is 320 g/mol. The highest BCUT2D eigenvalue weighted by atomic mass is 35.5. The molecule has 0 aliphatic carbocycles. The summed E-state index contributed by atoms with van der Waals surface area (Å²) in [4.78, 5) is 15.0. The van der Waals surface area contributed by atoms with Crippen LogP contribution in [0.3, 0.4) is 0 Å². The summed E-state index contributed by atoms with van der Waals surface area (Å²) in [5, 5.41) is 1.78. The van der Waals surface area contributed by atoms with Gasteiger partial charge in [-0.1, -0.05) is 25.4 Å². The second-order valence-electron chi connectivity index (χ2n) is 5.67. The molecule has 1 heterocycles. The number of aromatic nitrogens is 1. The summed E-state index contributed by atoms with van der Waals surface area (Å²) < 4.78 is 2.11. The van der Waals surface area contributed by atoms with Crippen molar-refractivity contribution in [2.45, 2.75) is 47.1 Å². The Labute approximate surface area is 137 Å². The molecule has 120 valence electrons. The molecule has 3 nitrogen and oxygen atoms in total. The second-order valence-corrected chi connectivity index (χ2v) is 6.11. The number of hydrogen-bond donors (Lipinski definition) is 0. The standard InChI is InChI=1S/C18H25ClN2O/c1-5-10-20(11-6-2)18(22)17-13(4)15-12-14(19)8-9-16(15)21(17)7-3/h8-9,12H,5-7,10-11H2,1-4H3. The van der Waals surface area contributed by atoms with Gasteiger partial charge in [0, 0.05) is 35.6 Å². The van der Waals surface area contributed by atoms with E-state index in [0.717, 1.165) is 54.6 Å². The largest absolute Gasteiger partial charge is 0.337 e. The Hall–Kier alpha value is -1.48. The molecule has 0 aliphatic rings. The molecule has 0 unspecified atom stereocenters. The van der Waals surface area contributed by atoms with Crippen LogP contribution >= 0.6 is 11.6 Å². The van der Waals surface area contributed by atoms with Crippen LogP contribution in [0, 0.1) is 6.92 Å². The number of rotatable bonds is 6. The van der Waals surface area contributed by atoms with Crippen LogP contribution in [0.15, 0.2) is 18.2 Å². The zero-order valence-corrected chi connectivity index (χ0v) is 14.7. The molecule has 1 amide bonds. The molecule has 0 atom stereocenters. The molecule has 1 aromatic heterocycles. The topological polar surface area (TPSA) is 25.2 Å². The normalized spacial score (nSPS) is 11.1. The number of aryl methyl sites for hydroxylation is 2. The lowest BCUT2D eigenvalue weighted by Crippen LogP contribution is -2.34. The maximum Gasteiger partial charge on any atom is 0.270 e. The van der Waals surface area contributed by atoms with Gasteiger partial charge in [0.05, 0.1) is 0 Å². The molecule has 0 saturated carbocycles. The van der Waals surface area contributed by atoms with Crippen molar-refractivity contribution in [3.8, 4) is 0 Å². The van der Waals surface area contributed by atoms with Gasteiger partial charge >= 0.3 is 0 Å². The summed E-state index contributed by atoms with van der Waals surface area (Å²) >= 11 is 6.13. The van der Waals surface area contributed by atoms with Crippen molar-refractivity contribution in [3.05, 3.63) is 34.5 Å². The van der Waals surface area contributed by atoms with Gasteiger partial charge in [-0.3, -0.25) is 4.79 Å². The Morgan fingerprint density at radius 1 is 1.18 bits per heavy atom. The van der Waals surface area contributed by atoms with E-state index in [1.54, 1.807) is 0 Å². The summed E-state index contributed by atoms with van der Waals surface area (Å²) in [6.07, 6.45) is 1.95. The fourth-order valence-corrected chi connectivity index (χ4v) is 3.28. The number of halogens is 1. The molecule has 0 saturated heterocycles. The lowest BCUT2D eigenvalue weighted by atomic mass is 10.1. The van der Waals surface area contributed by atoms with Crippen molar-refractivity contribution in [2.75, 3.05) is 13.1 Å². The molecule has 0 spiro atoms. The van der Waals surface area contributed by atoms with Crippen LogP contribution in [0.4, 0.5) is 0 Å². The van der Waals surface area contributed by atoms with Crippen LogP contribution in [0.1, 0.15) is 49.7 Å². The lowest BCUT2D eigenvalue weighted by molar-refractivity contribution is 0.0744. The first-order valence-electron chi connectivity index (χ1n) is 8.12. The smallest absolute Gasteiger partial charge is 0.270 e. The zero-order valence-electron chi connectivity index (χ0n) is 13.9. The van der Waals surface area contributed by atoms with Gasteiger partial charge in [0.2, 0.25) is 0 Å². The van der Waals surface area contributed by atoms with E-state index < -0.39 is 0 Å². The molecule has 1 aromatic carbocycles. The summed E-state index contributed by atoms with van der Waals surface area (Å²) in [6.45, 7) is 10.7. The molecule has 0 radical (unpaired) electrons. The minimum absolute atomic E-state index is 0.135. The highest BCUT2D eigenvalue weighted by molar-refractivity contribution is 6.31. The van der Waals surface area contributed by atoms with E-state index in [1.165, 1.54) is 0 Å². The number of carbonyl (C=O) groups excluding carboxylic acids is 1. The van der Waals surface area contributed by atoms with E-state index in [4.69, 9.17) is 11.6 Å². The average Bonchev–Trinajstić information content (AvgIpc) is 2.78. The maximum atomic E-state index is 13.1. The van der Waals surface area contributed by atoms with Crippen molar-refractivity contribution in [3.63, 3.8) is 0 Å². The van der Waals surface area contributed by atoms with E-state index >= 15 is 0 Å². The fourth-order valence-electron chi connectivity index (χ4n) is 3.10. The Morgan fingerprint density at radius 2 is 1.82 bits per heavy atom. The van der Waals surface area contributed by atoms with Crippen LogP contribution in [0.5, 0.6) is 0 Å².